The summed E-state index contributed by atoms with van der Waals surface area (Å²) in [6, 6.07) is 13.0. The second-order valence-corrected chi connectivity index (χ2v) is 9.59. The lowest BCUT2D eigenvalue weighted by Crippen LogP contribution is -2.45. The summed E-state index contributed by atoms with van der Waals surface area (Å²) in [7, 11) is -2.13. The molecule has 7 nitrogen and oxygen atoms in total. The topological polar surface area (TPSA) is 104 Å². The second kappa shape index (κ2) is 9.43. The van der Waals surface area contributed by atoms with Crippen LogP contribution in [0.15, 0.2) is 63.2 Å². The first-order valence-corrected chi connectivity index (χ1v) is 11.6. The molecule has 1 atom stereocenters. The predicted molar refractivity (Wildman–Crippen MR) is 111 cm³/mol. The summed E-state index contributed by atoms with van der Waals surface area (Å²) in [5.74, 6) is -0.452. The highest BCUT2D eigenvalue weighted by atomic mass is 32.2. The predicted octanol–water partition coefficient (Wildman–Crippen LogP) is 2.14. The molecule has 3 rings (SSSR count). The molecule has 2 amide bonds. The summed E-state index contributed by atoms with van der Waals surface area (Å²) in [6.45, 7) is 0.636. The molecule has 0 saturated carbocycles. The zero-order chi connectivity index (χ0) is 20.9. The van der Waals surface area contributed by atoms with Crippen molar-refractivity contribution in [2.24, 2.45) is 0 Å². The van der Waals surface area contributed by atoms with Crippen molar-refractivity contribution in [3.8, 4) is 0 Å². The molecule has 154 valence electrons. The van der Waals surface area contributed by atoms with Crippen molar-refractivity contribution in [1.82, 2.24) is 15.4 Å². The van der Waals surface area contributed by atoms with E-state index in [1.54, 1.807) is 24.3 Å². The van der Waals surface area contributed by atoms with Gasteiger partial charge in [0.15, 0.2) is 0 Å². The van der Waals surface area contributed by atoms with Gasteiger partial charge in [-0.25, -0.2) is 13.1 Å². The number of nitrogens with one attached hydrogen (secondary N) is 3. The Bertz CT molecular complexity index is 991. The van der Waals surface area contributed by atoms with E-state index in [0.29, 0.717) is 18.5 Å². The molecule has 3 N–H and O–H groups in total. The van der Waals surface area contributed by atoms with Crippen molar-refractivity contribution in [1.29, 1.82) is 0 Å². The highest BCUT2D eigenvalue weighted by Crippen LogP contribution is 2.31. The molecule has 2 aromatic carbocycles. The fourth-order valence-corrected chi connectivity index (χ4v) is 4.66. The quantitative estimate of drug-likeness (QED) is 0.648. The molecule has 9 heteroatoms. The third-order valence-electron chi connectivity index (χ3n) is 4.60. The van der Waals surface area contributed by atoms with E-state index in [-0.39, 0.29) is 16.7 Å². The molecule has 0 aliphatic carbocycles. The molecule has 2 aromatic rings. The van der Waals surface area contributed by atoms with Crippen molar-refractivity contribution < 1.29 is 18.0 Å². The lowest BCUT2D eigenvalue weighted by molar-refractivity contribution is -0.122. The number of rotatable bonds is 6. The third-order valence-corrected chi connectivity index (χ3v) is 7.12. The van der Waals surface area contributed by atoms with Crippen LogP contribution in [0.1, 0.15) is 29.6 Å². The highest BCUT2D eigenvalue weighted by molar-refractivity contribution is 7.99. The molecular weight excluding hydrogens is 410 g/mol. The van der Waals surface area contributed by atoms with Gasteiger partial charge in [0.1, 0.15) is 6.04 Å². The Morgan fingerprint density at radius 3 is 2.55 bits per heavy atom. The minimum atomic E-state index is -3.50. The second-order valence-electron chi connectivity index (χ2n) is 6.59. The summed E-state index contributed by atoms with van der Waals surface area (Å²) in [5, 5.41) is 5.65. The van der Waals surface area contributed by atoms with Crippen LogP contribution >= 0.6 is 11.8 Å². The minimum absolute atomic E-state index is 0.151. The normalized spacial score (nSPS) is 17.3. The van der Waals surface area contributed by atoms with E-state index in [1.807, 2.05) is 12.1 Å². The number of hydrogen-bond acceptors (Lipinski definition) is 5. The highest BCUT2D eigenvalue weighted by Gasteiger charge is 2.24. The Morgan fingerprint density at radius 2 is 1.83 bits per heavy atom. The van der Waals surface area contributed by atoms with E-state index in [0.717, 1.165) is 22.6 Å². The van der Waals surface area contributed by atoms with Gasteiger partial charge in [0, 0.05) is 16.3 Å². The van der Waals surface area contributed by atoms with Gasteiger partial charge in [-0.15, -0.1) is 0 Å². The van der Waals surface area contributed by atoms with Gasteiger partial charge < -0.3 is 10.6 Å². The molecule has 1 saturated heterocycles. The first kappa shape index (κ1) is 21.4. The fourth-order valence-electron chi connectivity index (χ4n) is 2.99. The molecule has 0 radical (unpaired) electrons. The van der Waals surface area contributed by atoms with Gasteiger partial charge >= 0.3 is 0 Å². The minimum Gasteiger partial charge on any atom is -0.354 e. The first-order valence-electron chi connectivity index (χ1n) is 9.30. The van der Waals surface area contributed by atoms with Gasteiger partial charge in [0.2, 0.25) is 15.9 Å². The van der Waals surface area contributed by atoms with Crippen molar-refractivity contribution in [2.45, 2.75) is 40.0 Å². The van der Waals surface area contributed by atoms with E-state index < -0.39 is 16.1 Å². The van der Waals surface area contributed by atoms with Crippen LogP contribution in [0, 0.1) is 0 Å². The molecular formula is C20H23N3O4S2. The van der Waals surface area contributed by atoms with Gasteiger partial charge in [-0.1, -0.05) is 23.9 Å². The SMILES string of the molecule is CNS(=O)(=O)c1ccc(Sc2ccccc2C(=O)N[C@@H]2CCCCNC2=O)cc1. The number of carbonyl (C=O) groups is 2. The number of carbonyl (C=O) groups excluding carboxylic acids is 2. The Labute approximate surface area is 174 Å². The Balaban J connectivity index is 1.76. The van der Waals surface area contributed by atoms with Gasteiger partial charge in [-0.3, -0.25) is 9.59 Å². The van der Waals surface area contributed by atoms with Gasteiger partial charge in [0.05, 0.1) is 10.5 Å². The summed E-state index contributed by atoms with van der Waals surface area (Å²) < 4.78 is 26.0. The Hall–Kier alpha value is -2.36. The molecule has 1 fully saturated rings. The molecule has 0 bridgehead atoms. The van der Waals surface area contributed by atoms with Crippen molar-refractivity contribution in [3.63, 3.8) is 0 Å². The van der Waals surface area contributed by atoms with Crippen molar-refractivity contribution >= 4 is 33.6 Å². The van der Waals surface area contributed by atoms with Crippen LogP contribution in [0.2, 0.25) is 0 Å². The molecule has 0 spiro atoms. The van der Waals surface area contributed by atoms with Crippen LogP contribution in [0.5, 0.6) is 0 Å². The first-order chi connectivity index (χ1) is 13.9. The van der Waals surface area contributed by atoms with Crippen molar-refractivity contribution in [2.75, 3.05) is 13.6 Å². The summed E-state index contributed by atoms with van der Waals surface area (Å²) >= 11 is 1.36. The lowest BCUT2D eigenvalue weighted by atomic mass is 10.1. The van der Waals surface area contributed by atoms with E-state index >= 15 is 0 Å². The van der Waals surface area contributed by atoms with E-state index in [9.17, 15) is 18.0 Å². The summed E-state index contributed by atoms with van der Waals surface area (Å²) in [6.07, 6.45) is 2.40. The Kier molecular flexibility index (Phi) is 6.94. The molecule has 0 unspecified atom stereocenters. The average molecular weight is 434 g/mol. The maximum atomic E-state index is 12.8. The zero-order valence-electron chi connectivity index (χ0n) is 16.0. The van der Waals surface area contributed by atoms with E-state index in [4.69, 9.17) is 0 Å². The maximum absolute atomic E-state index is 12.8. The molecule has 1 heterocycles. The molecule has 29 heavy (non-hydrogen) atoms. The van der Waals surface area contributed by atoms with E-state index in [2.05, 4.69) is 15.4 Å². The monoisotopic (exact) mass is 433 g/mol. The van der Waals surface area contributed by atoms with Gasteiger partial charge in [-0.2, -0.15) is 0 Å². The smallest absolute Gasteiger partial charge is 0.253 e. The fraction of sp³-hybridized carbons (Fsp3) is 0.300. The third kappa shape index (κ3) is 5.37. The summed E-state index contributed by atoms with van der Waals surface area (Å²) in [4.78, 5) is 26.6. The molecule has 0 aromatic heterocycles. The number of sulfonamides is 1. The van der Waals surface area contributed by atoms with Crippen LogP contribution in [0.4, 0.5) is 0 Å². The molecule has 1 aliphatic rings. The van der Waals surface area contributed by atoms with Crippen LogP contribution in [-0.4, -0.2) is 39.9 Å². The molecule has 1 aliphatic heterocycles. The zero-order valence-corrected chi connectivity index (χ0v) is 17.6. The Morgan fingerprint density at radius 1 is 1.10 bits per heavy atom. The van der Waals surface area contributed by atoms with Gasteiger partial charge in [0.25, 0.3) is 5.91 Å². The van der Waals surface area contributed by atoms with Crippen LogP contribution in [-0.2, 0) is 14.8 Å². The number of amides is 2. The van der Waals surface area contributed by atoms with Crippen LogP contribution < -0.4 is 15.4 Å². The van der Waals surface area contributed by atoms with Crippen LogP contribution in [0.3, 0.4) is 0 Å². The average Bonchev–Trinajstić information content (AvgIpc) is 2.93. The number of hydrogen-bond donors (Lipinski definition) is 3. The number of benzene rings is 2. The van der Waals surface area contributed by atoms with Gasteiger partial charge in [-0.05, 0) is 62.7 Å². The summed E-state index contributed by atoms with van der Waals surface area (Å²) in [5.41, 5.74) is 0.474. The lowest BCUT2D eigenvalue weighted by Gasteiger charge is -2.16. The van der Waals surface area contributed by atoms with Crippen LogP contribution in [0.25, 0.3) is 0 Å². The van der Waals surface area contributed by atoms with Crippen molar-refractivity contribution in [3.05, 3.63) is 54.1 Å². The largest absolute Gasteiger partial charge is 0.354 e. The van der Waals surface area contributed by atoms with E-state index in [1.165, 1.54) is 30.9 Å². The maximum Gasteiger partial charge on any atom is 0.253 e. The standard InChI is InChI=1S/C20H23N3O4S2/c1-21-29(26,27)15-11-9-14(10-12-15)28-18-8-3-2-6-16(18)19(24)23-17-7-4-5-13-22-20(17)25/h2-3,6,8-12,17,21H,4-5,7,13H2,1H3,(H,22,25)(H,23,24)/t17-/m1/s1.